The van der Waals surface area contributed by atoms with Crippen molar-refractivity contribution in [2.45, 2.75) is 39.2 Å². The number of fused-ring (bicyclic) bond motifs is 1. The molecular weight excluding hydrogens is 264 g/mol. The molecule has 2 heterocycles. The van der Waals surface area contributed by atoms with Crippen LogP contribution in [0.4, 0.5) is 0 Å². The maximum Gasteiger partial charge on any atom is 0.230 e. The van der Waals surface area contributed by atoms with Gasteiger partial charge in [0.2, 0.25) is 5.89 Å². The SMILES string of the molecule is CCc1nc2ccccc2n1Cc1noc([C@H]2C[C@@H]2C)n1. The fourth-order valence-corrected chi connectivity index (χ4v) is 2.86. The number of hydrogen-bond acceptors (Lipinski definition) is 4. The van der Waals surface area contributed by atoms with Gasteiger partial charge in [-0.05, 0) is 24.5 Å². The molecule has 0 unspecified atom stereocenters. The molecule has 1 aliphatic rings. The number of aromatic nitrogens is 4. The van der Waals surface area contributed by atoms with Gasteiger partial charge in [0.25, 0.3) is 0 Å². The summed E-state index contributed by atoms with van der Waals surface area (Å²) in [4.78, 5) is 9.22. The Morgan fingerprint density at radius 1 is 1.29 bits per heavy atom. The molecular formula is C16H18N4O. The zero-order valence-corrected chi connectivity index (χ0v) is 12.3. The Hall–Kier alpha value is -2.17. The molecule has 1 fully saturated rings. The van der Waals surface area contributed by atoms with Crippen LogP contribution in [0.3, 0.4) is 0 Å². The van der Waals surface area contributed by atoms with Crippen molar-refractivity contribution >= 4 is 11.0 Å². The van der Waals surface area contributed by atoms with Crippen molar-refractivity contribution in [3.05, 3.63) is 41.8 Å². The molecule has 0 radical (unpaired) electrons. The first-order valence-electron chi connectivity index (χ1n) is 7.53. The molecule has 1 aliphatic carbocycles. The second-order valence-corrected chi connectivity index (χ2v) is 5.82. The number of imidazole rings is 1. The van der Waals surface area contributed by atoms with E-state index < -0.39 is 0 Å². The maximum atomic E-state index is 5.40. The number of rotatable bonds is 4. The summed E-state index contributed by atoms with van der Waals surface area (Å²) in [5.74, 6) is 3.74. The number of aryl methyl sites for hydroxylation is 1. The highest BCUT2D eigenvalue weighted by Crippen LogP contribution is 2.46. The summed E-state index contributed by atoms with van der Waals surface area (Å²) < 4.78 is 7.58. The second-order valence-electron chi connectivity index (χ2n) is 5.82. The fraction of sp³-hybridized carbons (Fsp3) is 0.438. The van der Waals surface area contributed by atoms with Crippen LogP contribution in [0.15, 0.2) is 28.8 Å². The Balaban J connectivity index is 1.68. The topological polar surface area (TPSA) is 56.7 Å². The third-order valence-electron chi connectivity index (χ3n) is 4.26. The quantitative estimate of drug-likeness (QED) is 0.737. The van der Waals surface area contributed by atoms with E-state index in [0.717, 1.165) is 41.4 Å². The summed E-state index contributed by atoms with van der Waals surface area (Å²) in [5, 5.41) is 4.13. The molecule has 0 N–H and O–H groups in total. The zero-order valence-electron chi connectivity index (χ0n) is 12.3. The van der Waals surface area contributed by atoms with E-state index in [1.165, 1.54) is 0 Å². The van der Waals surface area contributed by atoms with Crippen LogP contribution in [0.5, 0.6) is 0 Å². The summed E-state index contributed by atoms with van der Waals surface area (Å²) in [6.45, 7) is 4.95. The van der Waals surface area contributed by atoms with E-state index in [4.69, 9.17) is 4.52 Å². The molecule has 1 saturated carbocycles. The first-order valence-corrected chi connectivity index (χ1v) is 7.53. The lowest BCUT2D eigenvalue weighted by Gasteiger charge is -2.04. The van der Waals surface area contributed by atoms with Crippen LogP contribution >= 0.6 is 0 Å². The van der Waals surface area contributed by atoms with Crippen molar-refractivity contribution in [3.8, 4) is 0 Å². The fourth-order valence-electron chi connectivity index (χ4n) is 2.86. The lowest BCUT2D eigenvalue weighted by atomic mass is 10.3. The zero-order chi connectivity index (χ0) is 14.4. The molecule has 4 rings (SSSR count). The van der Waals surface area contributed by atoms with E-state index in [1.807, 2.05) is 18.2 Å². The van der Waals surface area contributed by atoms with Crippen LogP contribution in [-0.2, 0) is 13.0 Å². The van der Waals surface area contributed by atoms with E-state index >= 15 is 0 Å². The van der Waals surface area contributed by atoms with E-state index in [0.29, 0.717) is 18.4 Å². The van der Waals surface area contributed by atoms with Gasteiger partial charge < -0.3 is 9.09 Å². The van der Waals surface area contributed by atoms with E-state index in [1.54, 1.807) is 0 Å². The highest BCUT2D eigenvalue weighted by Gasteiger charge is 2.38. The van der Waals surface area contributed by atoms with E-state index in [9.17, 15) is 0 Å². The van der Waals surface area contributed by atoms with Crippen molar-refractivity contribution in [3.63, 3.8) is 0 Å². The molecule has 0 bridgehead atoms. The van der Waals surface area contributed by atoms with Gasteiger partial charge in [0.1, 0.15) is 5.82 Å². The maximum absolute atomic E-state index is 5.40. The Morgan fingerprint density at radius 3 is 2.86 bits per heavy atom. The highest BCUT2D eigenvalue weighted by molar-refractivity contribution is 5.75. The minimum absolute atomic E-state index is 0.469. The van der Waals surface area contributed by atoms with E-state index in [-0.39, 0.29) is 0 Å². The molecule has 1 aromatic carbocycles. The first-order chi connectivity index (χ1) is 10.3. The average Bonchev–Trinajstić information content (AvgIpc) is 2.94. The lowest BCUT2D eigenvalue weighted by molar-refractivity contribution is 0.370. The summed E-state index contributed by atoms with van der Waals surface area (Å²) in [7, 11) is 0. The van der Waals surface area contributed by atoms with Crippen molar-refractivity contribution < 1.29 is 4.52 Å². The van der Waals surface area contributed by atoms with Gasteiger partial charge in [0, 0.05) is 12.3 Å². The average molecular weight is 282 g/mol. The van der Waals surface area contributed by atoms with Crippen molar-refractivity contribution in [2.75, 3.05) is 0 Å². The molecule has 5 nitrogen and oxygen atoms in total. The Kier molecular flexibility index (Phi) is 2.80. The standard InChI is InChI=1S/C16H18N4O/c1-3-15-17-12-6-4-5-7-13(12)20(15)9-14-18-16(21-19-14)11-8-10(11)2/h4-7,10-11H,3,8-9H2,1-2H3/t10-,11-/m0/s1. The Bertz CT molecular complexity index is 789. The van der Waals surface area contributed by atoms with Crippen LogP contribution in [0, 0.1) is 5.92 Å². The largest absolute Gasteiger partial charge is 0.339 e. The smallest absolute Gasteiger partial charge is 0.230 e. The van der Waals surface area contributed by atoms with Gasteiger partial charge in [-0.2, -0.15) is 4.98 Å². The molecule has 0 aliphatic heterocycles. The molecule has 21 heavy (non-hydrogen) atoms. The second kappa shape index (κ2) is 4.69. The minimum Gasteiger partial charge on any atom is -0.339 e. The van der Waals surface area contributed by atoms with Crippen LogP contribution in [0.2, 0.25) is 0 Å². The third kappa shape index (κ3) is 2.13. The van der Waals surface area contributed by atoms with Crippen molar-refractivity contribution in [2.24, 2.45) is 5.92 Å². The van der Waals surface area contributed by atoms with Gasteiger partial charge in [-0.25, -0.2) is 4.98 Å². The summed E-state index contributed by atoms with van der Waals surface area (Å²) in [6, 6.07) is 8.18. The summed E-state index contributed by atoms with van der Waals surface area (Å²) >= 11 is 0. The molecule has 2 aromatic heterocycles. The molecule has 108 valence electrons. The molecule has 0 amide bonds. The molecule has 0 saturated heterocycles. The third-order valence-corrected chi connectivity index (χ3v) is 4.26. The van der Waals surface area contributed by atoms with Crippen LogP contribution < -0.4 is 0 Å². The van der Waals surface area contributed by atoms with Crippen LogP contribution in [0.1, 0.15) is 43.7 Å². The Morgan fingerprint density at radius 2 is 2.10 bits per heavy atom. The number of para-hydroxylation sites is 2. The summed E-state index contributed by atoms with van der Waals surface area (Å²) in [6.07, 6.45) is 2.05. The molecule has 3 aromatic rings. The minimum atomic E-state index is 0.469. The van der Waals surface area contributed by atoms with Crippen LogP contribution in [0.25, 0.3) is 11.0 Å². The van der Waals surface area contributed by atoms with Gasteiger partial charge in [-0.15, -0.1) is 0 Å². The number of hydrogen-bond donors (Lipinski definition) is 0. The lowest BCUT2D eigenvalue weighted by Crippen LogP contribution is -2.05. The van der Waals surface area contributed by atoms with Gasteiger partial charge in [0.15, 0.2) is 5.82 Å². The predicted molar refractivity (Wildman–Crippen MR) is 79.0 cm³/mol. The molecule has 5 heteroatoms. The van der Waals surface area contributed by atoms with Gasteiger partial charge in [-0.3, -0.25) is 0 Å². The normalized spacial score (nSPS) is 21.0. The van der Waals surface area contributed by atoms with Gasteiger partial charge in [0.05, 0.1) is 17.6 Å². The van der Waals surface area contributed by atoms with Gasteiger partial charge in [-0.1, -0.05) is 31.1 Å². The van der Waals surface area contributed by atoms with Crippen molar-refractivity contribution in [1.29, 1.82) is 0 Å². The molecule has 2 atom stereocenters. The summed E-state index contributed by atoms with van der Waals surface area (Å²) in [5.41, 5.74) is 2.15. The first kappa shape index (κ1) is 12.6. The number of nitrogens with zero attached hydrogens (tertiary/aromatic N) is 4. The van der Waals surface area contributed by atoms with E-state index in [2.05, 4.69) is 39.6 Å². The van der Waals surface area contributed by atoms with Crippen LogP contribution in [-0.4, -0.2) is 19.7 Å². The molecule has 0 spiro atoms. The predicted octanol–water partition coefficient (Wildman–Crippen LogP) is 3.15. The number of benzene rings is 1. The highest BCUT2D eigenvalue weighted by atomic mass is 16.5. The Labute approximate surface area is 123 Å². The van der Waals surface area contributed by atoms with Crippen molar-refractivity contribution in [1.82, 2.24) is 19.7 Å². The van der Waals surface area contributed by atoms with Gasteiger partial charge >= 0.3 is 0 Å². The monoisotopic (exact) mass is 282 g/mol.